The molecule has 1 amide bonds. The number of benzene rings is 2. The Hall–Kier alpha value is -3.47. The van der Waals surface area contributed by atoms with Gasteiger partial charge in [-0.25, -0.2) is 9.78 Å². The predicted octanol–water partition coefficient (Wildman–Crippen LogP) is 8.10. The summed E-state index contributed by atoms with van der Waals surface area (Å²) in [7, 11) is 3.21. The lowest BCUT2D eigenvalue weighted by molar-refractivity contribution is -0.110. The van der Waals surface area contributed by atoms with Gasteiger partial charge < -0.3 is 29.1 Å². The number of carbonyl (C=O) groups is 2. The Morgan fingerprint density at radius 1 is 0.906 bits per heavy atom. The van der Waals surface area contributed by atoms with Crippen molar-refractivity contribution in [2.24, 2.45) is 5.92 Å². The molecule has 6 atom stereocenters. The monoisotopic (exact) mass is 720 g/mol. The molecule has 3 aromatic rings. The van der Waals surface area contributed by atoms with E-state index in [9.17, 15) is 9.59 Å². The summed E-state index contributed by atoms with van der Waals surface area (Å²) in [5.74, 6) is 3.88. The SMILES string of the molecule is CN1CCCC1c1ncc(-c2ccc(-c3ccc(B4OC(C)(C)C(C)(C)O4)c4c3C3CCC4C3)c3c2C2CCC3C2)[nH]1.COC(=O)NC(C=O)C(C)C. The molecule has 9 rings (SSSR count). The van der Waals surface area contributed by atoms with Crippen molar-refractivity contribution in [1.82, 2.24) is 20.2 Å². The van der Waals surface area contributed by atoms with Crippen molar-refractivity contribution in [3.05, 3.63) is 58.5 Å². The smallest absolute Gasteiger partial charge is 0.453 e. The van der Waals surface area contributed by atoms with Crippen molar-refractivity contribution in [2.45, 2.75) is 140 Å². The van der Waals surface area contributed by atoms with Gasteiger partial charge in [-0.2, -0.15) is 0 Å². The quantitative estimate of drug-likeness (QED) is 0.188. The third kappa shape index (κ3) is 6.17. The molecule has 6 aliphatic rings. The van der Waals surface area contributed by atoms with Gasteiger partial charge in [0.2, 0.25) is 0 Å². The highest BCUT2D eigenvalue weighted by molar-refractivity contribution is 6.62. The fourth-order valence-corrected chi connectivity index (χ4v) is 10.4. The summed E-state index contributed by atoms with van der Waals surface area (Å²) in [4.78, 5) is 32.1. The molecular formula is C43H57BN4O5. The van der Waals surface area contributed by atoms with Crippen molar-refractivity contribution >= 4 is 25.0 Å². The molecule has 0 radical (unpaired) electrons. The molecule has 2 N–H and O–H groups in total. The zero-order valence-corrected chi connectivity index (χ0v) is 32.9. The Morgan fingerprint density at radius 3 is 2.00 bits per heavy atom. The summed E-state index contributed by atoms with van der Waals surface area (Å²) < 4.78 is 17.6. The van der Waals surface area contributed by atoms with Crippen LogP contribution in [0.5, 0.6) is 0 Å². The van der Waals surface area contributed by atoms with Gasteiger partial charge in [-0.05, 0) is 161 Å². The molecule has 4 aliphatic carbocycles. The number of imidazole rings is 1. The summed E-state index contributed by atoms with van der Waals surface area (Å²) in [6.45, 7) is 13.5. The van der Waals surface area contributed by atoms with Crippen molar-refractivity contribution in [1.29, 1.82) is 0 Å². The van der Waals surface area contributed by atoms with Crippen LogP contribution < -0.4 is 10.8 Å². The number of likely N-dealkylation sites (tertiary alicyclic amines) is 1. The van der Waals surface area contributed by atoms with E-state index in [0.717, 1.165) is 12.4 Å². The molecule has 1 aromatic heterocycles. The van der Waals surface area contributed by atoms with Crippen LogP contribution in [0.1, 0.15) is 151 Å². The molecular weight excluding hydrogens is 663 g/mol. The number of rotatable bonds is 7. The first kappa shape index (κ1) is 36.5. The number of hydrogen-bond acceptors (Lipinski definition) is 7. The summed E-state index contributed by atoms with van der Waals surface area (Å²) >= 11 is 0. The van der Waals surface area contributed by atoms with Gasteiger partial charge >= 0.3 is 13.2 Å². The van der Waals surface area contributed by atoms with E-state index in [1.807, 2.05) is 13.8 Å². The van der Waals surface area contributed by atoms with Crippen LogP contribution in [0, 0.1) is 5.92 Å². The molecule has 2 saturated carbocycles. The number of ether oxygens (including phenoxy) is 1. The Labute approximate surface area is 315 Å². The molecule has 3 heterocycles. The van der Waals surface area contributed by atoms with E-state index in [0.29, 0.717) is 36.0 Å². The molecule has 53 heavy (non-hydrogen) atoms. The van der Waals surface area contributed by atoms with Crippen molar-refractivity contribution in [3.63, 3.8) is 0 Å². The van der Waals surface area contributed by atoms with Gasteiger partial charge in [0.05, 0.1) is 42.3 Å². The third-order valence-electron chi connectivity index (χ3n) is 14.0. The molecule has 2 aromatic carbocycles. The number of methoxy groups -OCH3 is 1. The van der Waals surface area contributed by atoms with Crippen LogP contribution in [0.4, 0.5) is 4.79 Å². The Balaban J connectivity index is 0.000000319. The number of aldehydes is 1. The number of fused-ring (bicyclic) bond motifs is 10. The summed E-state index contributed by atoms with van der Waals surface area (Å²) in [6.07, 6.45) is 12.6. The fourth-order valence-electron chi connectivity index (χ4n) is 10.4. The van der Waals surface area contributed by atoms with Gasteiger partial charge in [0.15, 0.2) is 0 Å². The average molecular weight is 721 g/mol. The van der Waals surface area contributed by atoms with Gasteiger partial charge in [0, 0.05) is 5.56 Å². The average Bonchev–Trinajstić information content (AvgIpc) is 3.99. The Kier molecular flexibility index (Phi) is 9.42. The minimum Gasteiger partial charge on any atom is -0.453 e. The lowest BCUT2D eigenvalue weighted by atomic mass is 9.69. The van der Waals surface area contributed by atoms with Crippen LogP contribution >= 0.6 is 0 Å². The van der Waals surface area contributed by atoms with Crippen LogP contribution in [0.25, 0.3) is 22.4 Å². The fraction of sp³-hybridized carbons (Fsp3) is 0.605. The number of carbonyl (C=O) groups excluding carboxylic acids is 2. The molecule has 9 nitrogen and oxygen atoms in total. The highest BCUT2D eigenvalue weighted by Gasteiger charge is 2.54. The van der Waals surface area contributed by atoms with Gasteiger partial charge in [-0.15, -0.1) is 0 Å². The molecule has 282 valence electrons. The van der Waals surface area contributed by atoms with Gasteiger partial charge in [0.25, 0.3) is 0 Å². The molecule has 6 unspecified atom stereocenters. The van der Waals surface area contributed by atoms with E-state index in [2.05, 4.69) is 85.1 Å². The summed E-state index contributed by atoms with van der Waals surface area (Å²) in [6, 6.07) is 9.65. The highest BCUT2D eigenvalue weighted by atomic mass is 16.7. The first-order chi connectivity index (χ1) is 25.3. The van der Waals surface area contributed by atoms with Crippen LogP contribution in [0.15, 0.2) is 30.5 Å². The van der Waals surface area contributed by atoms with Gasteiger partial charge in [0.1, 0.15) is 12.1 Å². The number of aromatic nitrogens is 2. The molecule has 2 saturated heterocycles. The molecule has 0 spiro atoms. The van der Waals surface area contributed by atoms with Crippen LogP contribution in [-0.4, -0.2) is 72.3 Å². The van der Waals surface area contributed by atoms with Crippen LogP contribution in [0.2, 0.25) is 0 Å². The second-order valence-electron chi connectivity index (χ2n) is 17.9. The lowest BCUT2D eigenvalue weighted by Gasteiger charge is -2.32. The maximum Gasteiger partial charge on any atom is 0.495 e. The van der Waals surface area contributed by atoms with Crippen LogP contribution in [-0.2, 0) is 18.8 Å². The first-order valence-electron chi connectivity index (χ1n) is 20.1. The van der Waals surface area contributed by atoms with Crippen molar-refractivity contribution in [3.8, 4) is 22.4 Å². The van der Waals surface area contributed by atoms with Crippen molar-refractivity contribution in [2.75, 3.05) is 20.7 Å². The second-order valence-corrected chi connectivity index (χ2v) is 17.9. The number of hydrogen-bond donors (Lipinski definition) is 2. The van der Waals surface area contributed by atoms with E-state index in [4.69, 9.17) is 14.3 Å². The summed E-state index contributed by atoms with van der Waals surface area (Å²) in [5, 5.41) is 2.39. The number of H-pyrrole nitrogens is 1. The number of alkyl carbamates (subject to hydrolysis) is 1. The van der Waals surface area contributed by atoms with Gasteiger partial charge in [-0.3, -0.25) is 4.90 Å². The maximum atomic E-state index is 10.6. The first-order valence-corrected chi connectivity index (χ1v) is 20.1. The van der Waals surface area contributed by atoms with E-state index in [1.165, 1.54) is 86.3 Å². The Bertz CT molecular complexity index is 1890. The third-order valence-corrected chi connectivity index (χ3v) is 14.0. The molecule has 10 heteroatoms. The molecule has 2 aliphatic heterocycles. The minimum absolute atomic E-state index is 0.0894. The summed E-state index contributed by atoms with van der Waals surface area (Å²) in [5.41, 5.74) is 12.7. The largest absolute Gasteiger partial charge is 0.495 e. The maximum absolute atomic E-state index is 10.6. The minimum atomic E-state index is -0.573. The van der Waals surface area contributed by atoms with Gasteiger partial charge in [-0.1, -0.05) is 38.1 Å². The lowest BCUT2D eigenvalue weighted by Crippen LogP contribution is -2.41. The molecule has 4 bridgehead atoms. The molecule has 4 fully saturated rings. The van der Waals surface area contributed by atoms with Crippen molar-refractivity contribution < 1.29 is 23.6 Å². The van der Waals surface area contributed by atoms with E-state index >= 15 is 0 Å². The number of nitrogens with zero attached hydrogens (tertiary/aromatic N) is 2. The standard InChI is InChI=1S/C36H44BN3O2.C7H13NO3/c1-35(2)36(3,4)42-37(41-35)27-15-14-25(31-21-10-11-23(18-21)33(27)31)24-12-13-26(32-22-9-8-20(17-22)30(24)32)28-19-38-34(39-28)29-7-6-16-40(29)5;1-5(2)6(4-9)8-7(10)11-3/h12-15,19-23,29H,6-11,16-18H2,1-5H3,(H,38,39);4-6H,1-3H3,(H,8,10). The Morgan fingerprint density at radius 2 is 1.45 bits per heavy atom. The predicted molar refractivity (Wildman–Crippen MR) is 209 cm³/mol. The van der Waals surface area contributed by atoms with E-state index < -0.39 is 12.1 Å². The number of aromatic amines is 1. The number of nitrogens with one attached hydrogen (secondary N) is 2. The van der Waals surface area contributed by atoms with Crippen LogP contribution in [0.3, 0.4) is 0 Å². The van der Waals surface area contributed by atoms with E-state index in [1.54, 1.807) is 22.3 Å². The van der Waals surface area contributed by atoms with E-state index in [-0.39, 0.29) is 24.2 Å². The number of amides is 1. The zero-order valence-electron chi connectivity index (χ0n) is 32.9. The normalized spacial score (nSPS) is 27.8. The topological polar surface area (TPSA) is 106 Å². The highest BCUT2D eigenvalue weighted by Crippen LogP contribution is 2.61. The second kappa shape index (κ2) is 13.7. The zero-order chi connectivity index (χ0) is 37.4.